The Morgan fingerprint density at radius 2 is 1.85 bits per heavy atom. The molecule has 1 saturated heterocycles. The van der Waals surface area contributed by atoms with E-state index in [4.69, 9.17) is 0 Å². The molecular formula is C20H22FN3O3. The third-order valence-corrected chi connectivity index (χ3v) is 4.89. The van der Waals surface area contributed by atoms with Crippen LogP contribution in [-0.2, 0) is 16.1 Å². The van der Waals surface area contributed by atoms with Gasteiger partial charge in [-0.1, -0.05) is 12.1 Å². The quantitative estimate of drug-likeness (QED) is 0.841. The molecule has 0 saturated carbocycles. The smallest absolute Gasteiger partial charge is 0.308 e. The van der Waals surface area contributed by atoms with Crippen molar-refractivity contribution in [1.29, 1.82) is 0 Å². The normalized spacial score (nSPS) is 19.4. The molecule has 7 heteroatoms. The van der Waals surface area contributed by atoms with Crippen molar-refractivity contribution in [3.05, 3.63) is 65.7 Å². The van der Waals surface area contributed by atoms with Gasteiger partial charge in [-0.25, -0.2) is 4.39 Å². The fraction of sp³-hybridized carbons (Fsp3) is 0.350. The van der Waals surface area contributed by atoms with Crippen LogP contribution in [0.5, 0.6) is 0 Å². The number of carboxylic acids is 1. The van der Waals surface area contributed by atoms with Crippen LogP contribution in [0.2, 0.25) is 0 Å². The van der Waals surface area contributed by atoms with Crippen molar-refractivity contribution in [1.82, 2.24) is 14.8 Å². The molecular weight excluding hydrogens is 349 g/mol. The summed E-state index contributed by atoms with van der Waals surface area (Å²) in [5.41, 5.74) is 1.79. The van der Waals surface area contributed by atoms with E-state index in [0.717, 1.165) is 11.1 Å². The molecule has 3 rings (SSSR count). The molecule has 27 heavy (non-hydrogen) atoms. The molecule has 0 bridgehead atoms. The molecule has 1 aliphatic heterocycles. The van der Waals surface area contributed by atoms with Gasteiger partial charge in [0.15, 0.2) is 0 Å². The van der Waals surface area contributed by atoms with Gasteiger partial charge in [-0.05, 0) is 42.4 Å². The molecule has 6 nitrogen and oxygen atoms in total. The summed E-state index contributed by atoms with van der Waals surface area (Å²) in [6, 6.07) is 9.62. The van der Waals surface area contributed by atoms with E-state index in [9.17, 15) is 19.1 Å². The van der Waals surface area contributed by atoms with Gasteiger partial charge >= 0.3 is 5.97 Å². The first-order valence-corrected chi connectivity index (χ1v) is 8.77. The van der Waals surface area contributed by atoms with Crippen molar-refractivity contribution < 1.29 is 19.1 Å². The summed E-state index contributed by atoms with van der Waals surface area (Å²) in [6.45, 7) is 1.29. The number of hydrogen-bond acceptors (Lipinski definition) is 4. The standard InChI is InChI=1S/C20H22FN3O3/c1-23(10-14-6-8-22-9-7-14)13-19(25)24-11-17(18(12-24)20(26)27)15-2-4-16(21)5-3-15/h2-9,17-18H,10-13H2,1H3,(H,26,27)/t17-,18+/m0/s1. The highest BCUT2D eigenvalue weighted by molar-refractivity contribution is 5.81. The molecule has 0 spiro atoms. The summed E-state index contributed by atoms with van der Waals surface area (Å²) < 4.78 is 13.2. The number of aliphatic carboxylic acids is 1. The van der Waals surface area contributed by atoms with Crippen molar-refractivity contribution in [2.24, 2.45) is 5.92 Å². The van der Waals surface area contributed by atoms with Crippen LogP contribution in [0.4, 0.5) is 4.39 Å². The van der Waals surface area contributed by atoms with Crippen molar-refractivity contribution >= 4 is 11.9 Å². The first-order chi connectivity index (χ1) is 12.9. The van der Waals surface area contributed by atoms with Crippen molar-refractivity contribution in [2.75, 3.05) is 26.7 Å². The van der Waals surface area contributed by atoms with E-state index in [1.54, 1.807) is 29.4 Å². The summed E-state index contributed by atoms with van der Waals surface area (Å²) in [5, 5.41) is 9.55. The molecule has 2 heterocycles. The van der Waals surface area contributed by atoms with Crippen LogP contribution in [0.3, 0.4) is 0 Å². The number of carboxylic acid groups (broad SMARTS) is 1. The number of carbonyl (C=O) groups is 2. The van der Waals surface area contributed by atoms with E-state index in [-0.39, 0.29) is 30.7 Å². The third-order valence-electron chi connectivity index (χ3n) is 4.89. The minimum absolute atomic E-state index is 0.109. The highest BCUT2D eigenvalue weighted by Crippen LogP contribution is 2.33. The summed E-state index contributed by atoms with van der Waals surface area (Å²) in [4.78, 5) is 31.8. The average Bonchev–Trinajstić information content (AvgIpc) is 3.09. The third kappa shape index (κ3) is 4.68. The Labute approximate surface area is 157 Å². The van der Waals surface area contributed by atoms with Crippen molar-refractivity contribution in [3.8, 4) is 0 Å². The van der Waals surface area contributed by atoms with Crippen LogP contribution < -0.4 is 0 Å². The second-order valence-corrected chi connectivity index (χ2v) is 6.93. The number of amides is 1. The van der Waals surface area contributed by atoms with Crippen LogP contribution in [0, 0.1) is 11.7 Å². The zero-order valence-electron chi connectivity index (χ0n) is 15.1. The molecule has 1 N–H and O–H groups in total. The van der Waals surface area contributed by atoms with Crippen molar-refractivity contribution in [3.63, 3.8) is 0 Å². The average molecular weight is 371 g/mol. The van der Waals surface area contributed by atoms with Gasteiger partial charge in [0.25, 0.3) is 0 Å². The Hall–Kier alpha value is -2.80. The van der Waals surface area contributed by atoms with Crippen molar-refractivity contribution in [2.45, 2.75) is 12.5 Å². The van der Waals surface area contributed by atoms with E-state index < -0.39 is 11.9 Å². The number of rotatable bonds is 6. The monoisotopic (exact) mass is 371 g/mol. The number of hydrogen-bond donors (Lipinski definition) is 1. The minimum atomic E-state index is -0.940. The lowest BCUT2D eigenvalue weighted by Crippen LogP contribution is -2.38. The number of likely N-dealkylation sites (tertiary alicyclic amines) is 1. The second kappa shape index (κ2) is 8.26. The van der Waals surface area contributed by atoms with Crippen LogP contribution in [0.15, 0.2) is 48.8 Å². The summed E-state index contributed by atoms with van der Waals surface area (Å²) in [7, 11) is 1.85. The maximum absolute atomic E-state index is 13.2. The minimum Gasteiger partial charge on any atom is -0.481 e. The largest absolute Gasteiger partial charge is 0.481 e. The summed E-state index contributed by atoms with van der Waals surface area (Å²) >= 11 is 0. The van der Waals surface area contributed by atoms with Gasteiger partial charge in [-0.15, -0.1) is 0 Å². The molecule has 142 valence electrons. The van der Waals surface area contributed by atoms with Crippen LogP contribution in [0.25, 0.3) is 0 Å². The molecule has 1 amide bonds. The maximum Gasteiger partial charge on any atom is 0.308 e. The molecule has 0 unspecified atom stereocenters. The molecule has 0 aliphatic carbocycles. The molecule has 1 fully saturated rings. The van der Waals surface area contributed by atoms with Gasteiger partial charge in [0.05, 0.1) is 12.5 Å². The lowest BCUT2D eigenvalue weighted by atomic mass is 9.89. The predicted octanol–water partition coefficient (Wildman–Crippen LogP) is 1.98. The van der Waals surface area contributed by atoms with Crippen LogP contribution in [0.1, 0.15) is 17.0 Å². The number of halogens is 1. The zero-order chi connectivity index (χ0) is 19.4. The SMILES string of the molecule is CN(CC(=O)N1C[C@@H](C(=O)O)[C@H](c2ccc(F)cc2)C1)Cc1ccncc1. The van der Waals surface area contributed by atoms with Crippen LogP contribution >= 0.6 is 0 Å². The summed E-state index contributed by atoms with van der Waals surface area (Å²) in [6.07, 6.45) is 3.41. The van der Waals surface area contributed by atoms with Gasteiger partial charge in [-0.2, -0.15) is 0 Å². The van der Waals surface area contributed by atoms with Gasteiger partial charge in [-0.3, -0.25) is 19.5 Å². The van der Waals surface area contributed by atoms with E-state index in [1.807, 2.05) is 24.1 Å². The zero-order valence-corrected chi connectivity index (χ0v) is 15.1. The molecule has 1 aromatic carbocycles. The first-order valence-electron chi connectivity index (χ1n) is 8.77. The number of carbonyl (C=O) groups excluding carboxylic acids is 1. The van der Waals surface area contributed by atoms with Crippen LogP contribution in [-0.4, -0.2) is 58.4 Å². The molecule has 1 aliphatic rings. The van der Waals surface area contributed by atoms with Gasteiger partial charge < -0.3 is 10.0 Å². The Bertz CT molecular complexity index is 798. The topological polar surface area (TPSA) is 73.7 Å². The van der Waals surface area contributed by atoms with Gasteiger partial charge in [0, 0.05) is 37.9 Å². The van der Waals surface area contributed by atoms with E-state index in [0.29, 0.717) is 13.1 Å². The van der Waals surface area contributed by atoms with E-state index >= 15 is 0 Å². The Balaban J connectivity index is 1.65. The molecule has 2 atom stereocenters. The van der Waals surface area contributed by atoms with Gasteiger partial charge in [0.1, 0.15) is 5.82 Å². The predicted molar refractivity (Wildman–Crippen MR) is 97.4 cm³/mol. The second-order valence-electron chi connectivity index (χ2n) is 6.93. The molecule has 2 aromatic rings. The van der Waals surface area contributed by atoms with E-state index in [2.05, 4.69) is 4.98 Å². The Morgan fingerprint density at radius 3 is 2.48 bits per heavy atom. The Kier molecular flexibility index (Phi) is 5.81. The number of benzene rings is 1. The van der Waals surface area contributed by atoms with Gasteiger partial charge in [0.2, 0.25) is 5.91 Å². The lowest BCUT2D eigenvalue weighted by Gasteiger charge is -2.21. The fourth-order valence-electron chi connectivity index (χ4n) is 3.49. The highest BCUT2D eigenvalue weighted by Gasteiger charge is 2.40. The first kappa shape index (κ1) is 19.0. The lowest BCUT2D eigenvalue weighted by molar-refractivity contribution is -0.141. The number of nitrogens with zero attached hydrogens (tertiary/aromatic N) is 3. The maximum atomic E-state index is 13.2. The molecule has 0 radical (unpaired) electrons. The fourth-order valence-corrected chi connectivity index (χ4v) is 3.49. The van der Waals surface area contributed by atoms with E-state index in [1.165, 1.54) is 12.1 Å². The summed E-state index contributed by atoms with van der Waals surface area (Å²) in [5.74, 6) is -2.44. The molecule has 1 aromatic heterocycles. The number of likely N-dealkylation sites (N-methyl/N-ethyl adjacent to an activating group) is 1. The number of pyridine rings is 1. The highest BCUT2D eigenvalue weighted by atomic mass is 19.1. The Morgan fingerprint density at radius 1 is 1.19 bits per heavy atom. The number of aromatic nitrogens is 1.